The molecule has 4 aromatic rings. The van der Waals surface area contributed by atoms with Gasteiger partial charge in [0.2, 0.25) is 5.91 Å². The molecule has 1 unspecified atom stereocenters. The van der Waals surface area contributed by atoms with Crippen molar-refractivity contribution in [1.29, 1.82) is 0 Å². The Morgan fingerprint density at radius 1 is 1.03 bits per heavy atom. The minimum Gasteiger partial charge on any atom is -0.463 e. The predicted molar refractivity (Wildman–Crippen MR) is 136 cm³/mol. The van der Waals surface area contributed by atoms with Crippen LogP contribution in [0.2, 0.25) is 0 Å². The van der Waals surface area contributed by atoms with Gasteiger partial charge in [0, 0.05) is 44.9 Å². The van der Waals surface area contributed by atoms with Crippen LogP contribution in [0.1, 0.15) is 18.5 Å². The van der Waals surface area contributed by atoms with Gasteiger partial charge in [-0.2, -0.15) is 5.10 Å². The highest BCUT2D eigenvalue weighted by molar-refractivity contribution is 5.92. The molecule has 10 nitrogen and oxygen atoms in total. The van der Waals surface area contributed by atoms with E-state index in [-0.39, 0.29) is 5.56 Å². The summed E-state index contributed by atoms with van der Waals surface area (Å²) in [6.07, 6.45) is 2.96. The topological polar surface area (TPSA) is 109 Å². The lowest BCUT2D eigenvalue weighted by molar-refractivity contribution is -0.119. The van der Waals surface area contributed by atoms with E-state index in [1.54, 1.807) is 31.2 Å². The number of hydrogen-bond acceptors (Lipinski definition) is 8. The second-order valence-corrected chi connectivity index (χ2v) is 8.65. The number of anilines is 2. The van der Waals surface area contributed by atoms with E-state index in [1.165, 1.54) is 24.2 Å². The number of aromatic nitrogens is 4. The lowest BCUT2D eigenvalue weighted by Crippen LogP contribution is -2.46. The molecule has 4 heterocycles. The number of nitrogens with zero attached hydrogens (tertiary/aromatic N) is 6. The number of nitrogens with one attached hydrogen (secondary N) is 1. The van der Waals surface area contributed by atoms with Gasteiger partial charge in [0.25, 0.3) is 5.56 Å². The third-order valence-corrected chi connectivity index (χ3v) is 6.19. The van der Waals surface area contributed by atoms with Gasteiger partial charge in [0.1, 0.15) is 29.7 Å². The van der Waals surface area contributed by atoms with E-state index in [0.717, 1.165) is 43.2 Å². The van der Waals surface area contributed by atoms with E-state index in [4.69, 9.17) is 4.42 Å². The fourth-order valence-corrected chi connectivity index (χ4v) is 4.17. The van der Waals surface area contributed by atoms with Gasteiger partial charge in [-0.15, -0.1) is 0 Å². The van der Waals surface area contributed by atoms with Crippen LogP contribution in [-0.2, 0) is 11.3 Å². The van der Waals surface area contributed by atoms with Gasteiger partial charge >= 0.3 is 0 Å². The van der Waals surface area contributed by atoms with Crippen molar-refractivity contribution in [3.63, 3.8) is 0 Å². The zero-order valence-electron chi connectivity index (χ0n) is 19.9. The molecule has 1 aliphatic heterocycles. The van der Waals surface area contributed by atoms with Crippen LogP contribution in [0.15, 0.2) is 82.5 Å². The number of amides is 1. The largest absolute Gasteiger partial charge is 0.463 e. The molecule has 3 aromatic heterocycles. The lowest BCUT2D eigenvalue weighted by atomic mass is 10.2. The van der Waals surface area contributed by atoms with Crippen LogP contribution in [-0.4, -0.2) is 56.7 Å². The Labute approximate surface area is 208 Å². The highest BCUT2D eigenvalue weighted by atomic mass is 16.3. The molecule has 1 atom stereocenters. The number of benzene rings is 1. The van der Waals surface area contributed by atoms with Gasteiger partial charge in [-0.05, 0) is 30.7 Å². The molecule has 1 N–H and O–H groups in total. The zero-order valence-corrected chi connectivity index (χ0v) is 19.9. The molecule has 0 aliphatic carbocycles. The number of furan rings is 1. The summed E-state index contributed by atoms with van der Waals surface area (Å²) in [5.41, 5.74) is 1.38. The van der Waals surface area contributed by atoms with Crippen molar-refractivity contribution < 1.29 is 9.21 Å². The molecule has 36 heavy (non-hydrogen) atoms. The second-order valence-electron chi connectivity index (χ2n) is 8.65. The van der Waals surface area contributed by atoms with Crippen molar-refractivity contribution in [2.24, 2.45) is 0 Å². The third kappa shape index (κ3) is 5.33. The maximum absolute atomic E-state index is 13.0. The van der Waals surface area contributed by atoms with Crippen LogP contribution in [0.3, 0.4) is 0 Å². The van der Waals surface area contributed by atoms with E-state index < -0.39 is 11.9 Å². The van der Waals surface area contributed by atoms with Gasteiger partial charge in [0.05, 0.1) is 6.26 Å². The maximum Gasteiger partial charge on any atom is 0.267 e. The molecule has 1 saturated heterocycles. The number of rotatable bonds is 7. The first kappa shape index (κ1) is 23.4. The van der Waals surface area contributed by atoms with Crippen LogP contribution in [0.5, 0.6) is 0 Å². The van der Waals surface area contributed by atoms with E-state index in [1.807, 2.05) is 6.07 Å². The van der Waals surface area contributed by atoms with Crippen LogP contribution in [0.25, 0.3) is 11.5 Å². The Morgan fingerprint density at radius 3 is 2.58 bits per heavy atom. The average molecular weight is 486 g/mol. The molecular weight excluding hydrogens is 458 g/mol. The number of piperazine rings is 1. The molecule has 1 fully saturated rings. The summed E-state index contributed by atoms with van der Waals surface area (Å²) in [5.74, 6) is 1.24. The molecular formula is C26H27N7O3. The first-order chi connectivity index (χ1) is 17.6. The van der Waals surface area contributed by atoms with Gasteiger partial charge < -0.3 is 14.6 Å². The van der Waals surface area contributed by atoms with E-state index in [0.29, 0.717) is 17.3 Å². The summed E-state index contributed by atoms with van der Waals surface area (Å²) in [4.78, 5) is 38.5. The van der Waals surface area contributed by atoms with Crippen molar-refractivity contribution in [1.82, 2.24) is 24.6 Å². The zero-order chi connectivity index (χ0) is 24.9. The minimum absolute atomic E-state index is 0.374. The average Bonchev–Trinajstić information content (AvgIpc) is 3.45. The van der Waals surface area contributed by atoms with Crippen molar-refractivity contribution >= 4 is 17.5 Å². The molecule has 0 spiro atoms. The highest BCUT2D eigenvalue weighted by Crippen LogP contribution is 2.19. The van der Waals surface area contributed by atoms with Crippen molar-refractivity contribution in [3.8, 4) is 11.5 Å². The second kappa shape index (κ2) is 10.5. The fourth-order valence-electron chi connectivity index (χ4n) is 4.17. The molecule has 0 saturated carbocycles. The molecule has 0 bridgehead atoms. The predicted octanol–water partition coefficient (Wildman–Crippen LogP) is 2.82. The molecule has 0 radical (unpaired) electrons. The van der Waals surface area contributed by atoms with Crippen LogP contribution < -0.4 is 15.8 Å². The summed E-state index contributed by atoms with van der Waals surface area (Å²) in [7, 11) is 0. The van der Waals surface area contributed by atoms with Crippen molar-refractivity contribution in [2.45, 2.75) is 19.5 Å². The summed E-state index contributed by atoms with van der Waals surface area (Å²) >= 11 is 0. The summed E-state index contributed by atoms with van der Waals surface area (Å²) < 4.78 is 6.49. The number of hydrogen-bond donors (Lipinski definition) is 1. The normalized spacial score (nSPS) is 15.0. The van der Waals surface area contributed by atoms with E-state index in [2.05, 4.69) is 54.4 Å². The molecule has 1 amide bonds. The monoisotopic (exact) mass is 485 g/mol. The first-order valence-electron chi connectivity index (χ1n) is 11.8. The Bertz CT molecular complexity index is 1360. The van der Waals surface area contributed by atoms with E-state index >= 15 is 0 Å². The van der Waals surface area contributed by atoms with Gasteiger partial charge in [-0.3, -0.25) is 14.5 Å². The Balaban J connectivity index is 1.22. The van der Waals surface area contributed by atoms with Gasteiger partial charge in [0.15, 0.2) is 5.76 Å². The Kier molecular flexibility index (Phi) is 6.85. The first-order valence-corrected chi connectivity index (χ1v) is 11.8. The van der Waals surface area contributed by atoms with E-state index in [9.17, 15) is 9.59 Å². The minimum atomic E-state index is -0.854. The molecule has 184 valence electrons. The maximum atomic E-state index is 13.0. The molecule has 1 aromatic carbocycles. The summed E-state index contributed by atoms with van der Waals surface area (Å²) in [6.45, 7) is 6.02. The van der Waals surface area contributed by atoms with Crippen molar-refractivity contribution in [3.05, 3.63) is 89.2 Å². The smallest absolute Gasteiger partial charge is 0.267 e. The Morgan fingerprint density at radius 2 is 1.83 bits per heavy atom. The van der Waals surface area contributed by atoms with Crippen LogP contribution >= 0.6 is 0 Å². The quantitative estimate of drug-likeness (QED) is 0.426. The number of carbonyl (C=O) groups is 1. The molecule has 5 rings (SSSR count). The van der Waals surface area contributed by atoms with Crippen LogP contribution in [0.4, 0.5) is 11.6 Å². The summed E-state index contributed by atoms with van der Waals surface area (Å²) in [5, 5.41) is 7.10. The molecule has 10 heteroatoms. The molecule has 1 aliphatic rings. The SMILES string of the molecule is CC(C(=O)Nc1cc(N2CCN(Cc3ccccc3)CC2)ncn1)n1nc(-c2ccco2)ccc1=O. The number of carbonyl (C=O) groups excluding carboxylic acids is 1. The lowest BCUT2D eigenvalue weighted by Gasteiger charge is -2.35. The van der Waals surface area contributed by atoms with Crippen molar-refractivity contribution in [2.75, 3.05) is 36.4 Å². The summed E-state index contributed by atoms with van der Waals surface area (Å²) in [6, 6.07) is 17.8. The van der Waals surface area contributed by atoms with Crippen LogP contribution in [0, 0.1) is 0 Å². The Hall–Kier alpha value is -4.31. The fraction of sp³-hybridized carbons (Fsp3) is 0.269. The third-order valence-electron chi connectivity index (χ3n) is 6.19. The standard InChI is InChI=1S/C26H27N7O3/c1-19(33-25(34)10-9-21(30-33)22-8-5-15-36-22)26(35)29-23-16-24(28-18-27-23)32-13-11-31(12-14-32)17-20-6-3-2-4-7-20/h2-10,15-16,18-19H,11-14,17H2,1H3,(H,27,28,29,35). The van der Waals surface area contributed by atoms with Gasteiger partial charge in [-0.25, -0.2) is 14.6 Å². The van der Waals surface area contributed by atoms with Gasteiger partial charge in [-0.1, -0.05) is 30.3 Å². The highest BCUT2D eigenvalue weighted by Gasteiger charge is 2.21.